The Morgan fingerprint density at radius 2 is 1.89 bits per heavy atom. The number of aliphatic hydroxyl groups excluding tert-OH is 1. The van der Waals surface area contributed by atoms with Crippen molar-refractivity contribution < 1.29 is 23.4 Å². The summed E-state index contributed by atoms with van der Waals surface area (Å²) in [6.45, 7) is -0.316. The molecule has 0 bridgehead atoms. The van der Waals surface area contributed by atoms with Crippen molar-refractivity contribution in [3.05, 3.63) is 83.4 Å². The molecular weight excluding hydrogens is 364 g/mol. The third-order valence-corrected chi connectivity index (χ3v) is 4.35. The van der Waals surface area contributed by atoms with E-state index in [-0.39, 0.29) is 12.2 Å². The van der Waals surface area contributed by atoms with Crippen LogP contribution in [-0.4, -0.2) is 24.7 Å². The van der Waals surface area contributed by atoms with Crippen LogP contribution in [0.3, 0.4) is 0 Å². The number of carbonyl (C=O) groups is 1. The second kappa shape index (κ2) is 8.63. The normalized spacial score (nSPS) is 12.3. The smallest absolute Gasteiger partial charge is 0.244 e. The van der Waals surface area contributed by atoms with Gasteiger partial charge < -0.3 is 15.2 Å². The lowest BCUT2D eigenvalue weighted by molar-refractivity contribution is -0.117. The first-order chi connectivity index (χ1) is 13.5. The highest BCUT2D eigenvalue weighted by molar-refractivity contribution is 5.92. The zero-order valence-electron chi connectivity index (χ0n) is 15.2. The van der Waals surface area contributed by atoms with E-state index in [9.17, 15) is 18.7 Å². The number of halogens is 2. The van der Waals surface area contributed by atoms with Gasteiger partial charge in [-0.15, -0.1) is 0 Å². The Morgan fingerprint density at radius 3 is 2.64 bits per heavy atom. The summed E-state index contributed by atoms with van der Waals surface area (Å²) in [5.74, 6) is -1.06. The van der Waals surface area contributed by atoms with Gasteiger partial charge in [0.1, 0.15) is 17.4 Å². The lowest BCUT2D eigenvalue weighted by Crippen LogP contribution is -2.29. The molecule has 4 nitrogen and oxygen atoms in total. The van der Waals surface area contributed by atoms with E-state index in [2.05, 4.69) is 5.32 Å². The maximum atomic E-state index is 13.6. The summed E-state index contributed by atoms with van der Waals surface area (Å²) in [5, 5.41) is 14.3. The van der Waals surface area contributed by atoms with E-state index in [1.807, 2.05) is 36.4 Å². The zero-order valence-corrected chi connectivity index (χ0v) is 15.2. The third-order valence-electron chi connectivity index (χ3n) is 4.35. The van der Waals surface area contributed by atoms with Crippen LogP contribution in [0.2, 0.25) is 0 Å². The molecule has 1 amide bonds. The molecule has 0 aliphatic carbocycles. The van der Waals surface area contributed by atoms with Gasteiger partial charge in [0.25, 0.3) is 0 Å². The monoisotopic (exact) mass is 383 g/mol. The molecule has 0 spiro atoms. The molecule has 0 fully saturated rings. The van der Waals surface area contributed by atoms with Gasteiger partial charge in [-0.3, -0.25) is 4.79 Å². The highest BCUT2D eigenvalue weighted by atomic mass is 19.1. The zero-order chi connectivity index (χ0) is 20.1. The molecule has 0 unspecified atom stereocenters. The number of carbonyl (C=O) groups excluding carboxylic acids is 1. The Kier molecular flexibility index (Phi) is 6.01. The second-order valence-corrected chi connectivity index (χ2v) is 6.22. The highest BCUT2D eigenvalue weighted by Gasteiger charge is 2.13. The van der Waals surface area contributed by atoms with Gasteiger partial charge in [0.05, 0.1) is 19.8 Å². The van der Waals surface area contributed by atoms with Crippen molar-refractivity contribution in [2.45, 2.75) is 6.04 Å². The number of methoxy groups -OCH3 is 1. The molecule has 0 aliphatic heterocycles. The molecule has 0 radical (unpaired) electrons. The molecule has 2 N–H and O–H groups in total. The average Bonchev–Trinajstić information content (AvgIpc) is 2.71. The predicted octanol–water partition coefficient (Wildman–Crippen LogP) is 3.99. The lowest BCUT2D eigenvalue weighted by atomic mass is 10.0. The number of benzene rings is 3. The van der Waals surface area contributed by atoms with Crippen molar-refractivity contribution in [2.24, 2.45) is 0 Å². The molecule has 1 atom stereocenters. The van der Waals surface area contributed by atoms with E-state index in [0.29, 0.717) is 11.3 Å². The molecule has 0 aromatic heterocycles. The minimum Gasteiger partial charge on any atom is -0.497 e. The number of ether oxygens (including phenoxy) is 1. The molecule has 28 heavy (non-hydrogen) atoms. The summed E-state index contributed by atoms with van der Waals surface area (Å²) in [4.78, 5) is 12.2. The van der Waals surface area contributed by atoms with Crippen LogP contribution in [0, 0.1) is 11.6 Å². The first-order valence-electron chi connectivity index (χ1n) is 8.62. The SMILES string of the molecule is COc1ccc2ccc([C@H](CO)NC(=O)C=Cc3cc(F)ccc3F)cc2c1. The summed E-state index contributed by atoms with van der Waals surface area (Å²) in [6, 6.07) is 13.5. The number of hydrogen-bond donors (Lipinski definition) is 2. The van der Waals surface area contributed by atoms with Crippen LogP contribution in [0.1, 0.15) is 17.2 Å². The molecule has 3 rings (SSSR count). The number of amides is 1. The quantitative estimate of drug-likeness (QED) is 0.633. The van der Waals surface area contributed by atoms with E-state index in [1.54, 1.807) is 7.11 Å². The maximum Gasteiger partial charge on any atom is 0.244 e. The number of nitrogens with one attached hydrogen (secondary N) is 1. The molecule has 0 saturated heterocycles. The van der Waals surface area contributed by atoms with E-state index < -0.39 is 23.6 Å². The van der Waals surface area contributed by atoms with Crippen LogP contribution >= 0.6 is 0 Å². The van der Waals surface area contributed by atoms with E-state index in [1.165, 1.54) is 6.08 Å². The van der Waals surface area contributed by atoms with Crippen LogP contribution in [-0.2, 0) is 4.79 Å². The molecule has 0 heterocycles. The first-order valence-corrected chi connectivity index (χ1v) is 8.62. The van der Waals surface area contributed by atoms with Gasteiger partial charge in [-0.25, -0.2) is 8.78 Å². The molecular formula is C22H19F2NO3. The molecule has 0 saturated carbocycles. The van der Waals surface area contributed by atoms with Crippen molar-refractivity contribution in [1.29, 1.82) is 0 Å². The predicted molar refractivity (Wildman–Crippen MR) is 104 cm³/mol. The summed E-state index contributed by atoms with van der Waals surface area (Å²) in [6.07, 6.45) is 2.29. The Labute approximate surface area is 161 Å². The van der Waals surface area contributed by atoms with Crippen LogP contribution in [0.5, 0.6) is 5.75 Å². The Balaban J connectivity index is 1.77. The van der Waals surface area contributed by atoms with Crippen LogP contribution in [0.15, 0.2) is 60.7 Å². The van der Waals surface area contributed by atoms with Crippen molar-refractivity contribution >= 4 is 22.8 Å². The molecule has 144 valence electrons. The third kappa shape index (κ3) is 4.53. The van der Waals surface area contributed by atoms with Gasteiger partial charge in [-0.2, -0.15) is 0 Å². The van der Waals surface area contributed by atoms with Crippen LogP contribution < -0.4 is 10.1 Å². The Bertz CT molecular complexity index is 1030. The highest BCUT2D eigenvalue weighted by Crippen LogP contribution is 2.24. The lowest BCUT2D eigenvalue weighted by Gasteiger charge is -2.16. The summed E-state index contributed by atoms with van der Waals surface area (Å²) in [5.41, 5.74) is 0.676. The molecule has 0 aliphatic rings. The molecule has 3 aromatic carbocycles. The Hall–Kier alpha value is -3.25. The van der Waals surface area contributed by atoms with Gasteiger partial charge in [0.15, 0.2) is 0 Å². The van der Waals surface area contributed by atoms with Crippen molar-refractivity contribution in [2.75, 3.05) is 13.7 Å². The fourth-order valence-corrected chi connectivity index (χ4v) is 2.85. The number of hydrogen-bond acceptors (Lipinski definition) is 3. The largest absolute Gasteiger partial charge is 0.497 e. The van der Waals surface area contributed by atoms with Crippen molar-refractivity contribution in [3.8, 4) is 5.75 Å². The minimum atomic E-state index is -0.648. The van der Waals surface area contributed by atoms with Crippen molar-refractivity contribution in [3.63, 3.8) is 0 Å². The van der Waals surface area contributed by atoms with E-state index in [4.69, 9.17) is 4.74 Å². The second-order valence-electron chi connectivity index (χ2n) is 6.22. The topological polar surface area (TPSA) is 58.6 Å². The number of rotatable bonds is 6. The van der Waals surface area contributed by atoms with Crippen LogP contribution in [0.25, 0.3) is 16.8 Å². The maximum absolute atomic E-state index is 13.6. The summed E-state index contributed by atoms with van der Waals surface area (Å²) >= 11 is 0. The first kappa shape index (κ1) is 19.5. The van der Waals surface area contributed by atoms with Gasteiger partial charge in [-0.05, 0) is 58.8 Å². The summed E-state index contributed by atoms with van der Waals surface area (Å²) in [7, 11) is 1.58. The van der Waals surface area contributed by atoms with Gasteiger partial charge >= 0.3 is 0 Å². The van der Waals surface area contributed by atoms with Gasteiger partial charge in [0.2, 0.25) is 5.91 Å². The number of fused-ring (bicyclic) bond motifs is 1. The molecule has 6 heteroatoms. The Morgan fingerprint density at radius 1 is 1.11 bits per heavy atom. The fourth-order valence-electron chi connectivity index (χ4n) is 2.85. The minimum absolute atomic E-state index is 0.0338. The van der Waals surface area contributed by atoms with Gasteiger partial charge in [0, 0.05) is 11.6 Å². The fraction of sp³-hybridized carbons (Fsp3) is 0.136. The number of aliphatic hydroxyl groups is 1. The van der Waals surface area contributed by atoms with E-state index in [0.717, 1.165) is 35.0 Å². The van der Waals surface area contributed by atoms with Gasteiger partial charge in [-0.1, -0.05) is 18.2 Å². The summed E-state index contributed by atoms with van der Waals surface area (Å²) < 4.78 is 32.0. The molecule has 3 aromatic rings. The van der Waals surface area contributed by atoms with Crippen molar-refractivity contribution in [1.82, 2.24) is 5.32 Å². The van der Waals surface area contributed by atoms with Crippen LogP contribution in [0.4, 0.5) is 8.78 Å². The average molecular weight is 383 g/mol. The standard InChI is InChI=1S/C22H19F2NO3/c1-28-19-7-4-14-2-3-16(10-17(14)12-19)21(13-26)25-22(27)9-5-15-11-18(23)6-8-20(15)24/h2-12,21,26H,13H2,1H3,(H,25,27)/t21-/m0/s1. The van der Waals surface area contributed by atoms with E-state index >= 15 is 0 Å².